The van der Waals surface area contributed by atoms with Crippen LogP contribution in [-0.4, -0.2) is 0 Å². The van der Waals surface area contributed by atoms with Crippen LogP contribution in [0.3, 0.4) is 0 Å². The number of hydrogen-bond acceptors (Lipinski definition) is 0. The van der Waals surface area contributed by atoms with Crippen molar-refractivity contribution in [3.05, 3.63) is 82.4 Å². The summed E-state index contributed by atoms with van der Waals surface area (Å²) < 4.78 is 0.781. The molecule has 0 amide bonds. The Morgan fingerprint density at radius 3 is 2.39 bits per heavy atom. The zero-order valence-corrected chi connectivity index (χ0v) is 20.1. The number of rotatable bonds is 5. The molecule has 3 aliphatic rings. The zero-order chi connectivity index (χ0) is 17.7. The van der Waals surface area contributed by atoms with Gasteiger partial charge in [0.1, 0.15) is 0 Å². The van der Waals surface area contributed by atoms with Gasteiger partial charge in [-0.25, -0.2) is 0 Å². The van der Waals surface area contributed by atoms with E-state index in [2.05, 4.69) is 67.6 Å². The molecule has 0 spiro atoms. The quantitative estimate of drug-likeness (QED) is 0.588. The Balaban J connectivity index is 0.00000112. The van der Waals surface area contributed by atoms with E-state index in [9.17, 15) is 0 Å². The molecule has 0 heterocycles. The van der Waals surface area contributed by atoms with Gasteiger partial charge in [0.15, 0.2) is 0 Å². The van der Waals surface area contributed by atoms with E-state index >= 15 is 0 Å². The number of allylic oxidation sites excluding steroid dienone is 3. The van der Waals surface area contributed by atoms with Crippen molar-refractivity contribution in [3.8, 4) is 0 Å². The van der Waals surface area contributed by atoms with Gasteiger partial charge in [0.25, 0.3) is 0 Å². The Kier molecular flexibility index (Phi) is 7.12. The molecular weight excluding hydrogens is 462 g/mol. The first-order chi connectivity index (χ1) is 12.8. The van der Waals surface area contributed by atoms with E-state index in [4.69, 9.17) is 0 Å². The number of halogens is 2. The van der Waals surface area contributed by atoms with Crippen molar-refractivity contribution in [3.63, 3.8) is 0 Å². The fourth-order valence-electron chi connectivity index (χ4n) is 5.37. The van der Waals surface area contributed by atoms with Crippen molar-refractivity contribution in [2.24, 2.45) is 5.92 Å². The fraction of sp³-hybridized carbons (Fsp3) is 0.360. The van der Waals surface area contributed by atoms with Crippen LogP contribution in [0.1, 0.15) is 66.7 Å². The standard InChI is InChI=1S/C25H25.2ClH.Zr/c1-2-17(15-19-12-11-18-7-3-4-8-20(18)19)16-25-22-10-6-5-9-21(22)23-13-14-24(23)25;;;/h3-12,15,17,19,25H,2,13-14,16H2,1H3;2*1H;/q;;;+2/p-2. The van der Waals surface area contributed by atoms with E-state index in [0.717, 1.165) is 9.54 Å². The van der Waals surface area contributed by atoms with Crippen LogP contribution < -0.4 is 24.8 Å². The second-order valence-electron chi connectivity index (χ2n) is 8.09. The summed E-state index contributed by atoms with van der Waals surface area (Å²) in [6.07, 6.45) is 10.1. The summed E-state index contributed by atoms with van der Waals surface area (Å²) >= 11 is 1.70. The second kappa shape index (κ2) is 9.03. The number of fused-ring (bicyclic) bond motifs is 3. The van der Waals surface area contributed by atoms with Crippen molar-refractivity contribution < 1.29 is 49.5 Å². The Morgan fingerprint density at radius 1 is 0.964 bits per heavy atom. The van der Waals surface area contributed by atoms with Gasteiger partial charge in [0, 0.05) is 0 Å². The van der Waals surface area contributed by atoms with Crippen LogP contribution in [0.25, 0.3) is 11.6 Å². The van der Waals surface area contributed by atoms with Gasteiger partial charge >= 0.3 is 173 Å². The van der Waals surface area contributed by atoms with Gasteiger partial charge in [-0.05, 0) is 0 Å². The molecule has 0 fully saturated rings. The van der Waals surface area contributed by atoms with Gasteiger partial charge in [-0.15, -0.1) is 0 Å². The minimum absolute atomic E-state index is 0. The molecule has 5 rings (SSSR count). The molecule has 3 aliphatic carbocycles. The summed E-state index contributed by atoms with van der Waals surface area (Å²) in [6, 6.07) is 18.2. The van der Waals surface area contributed by atoms with Gasteiger partial charge in [0.05, 0.1) is 0 Å². The molecule has 0 saturated heterocycles. The summed E-state index contributed by atoms with van der Waals surface area (Å²) in [7, 11) is 0. The summed E-state index contributed by atoms with van der Waals surface area (Å²) in [5, 5.41) is 0. The van der Waals surface area contributed by atoms with Crippen molar-refractivity contribution >= 4 is 11.6 Å². The summed E-state index contributed by atoms with van der Waals surface area (Å²) in [5.74, 6) is 2.13. The molecule has 28 heavy (non-hydrogen) atoms. The molecule has 0 bridgehead atoms. The minimum Gasteiger partial charge on any atom is -1.00 e. The molecule has 0 aliphatic heterocycles. The zero-order valence-electron chi connectivity index (χ0n) is 16.2. The molecule has 4 atom stereocenters. The normalized spacial score (nSPS) is 23.0. The Bertz CT molecular complexity index is 914. The monoisotopic (exact) mass is 485 g/mol. The minimum atomic E-state index is 0. The summed E-state index contributed by atoms with van der Waals surface area (Å²) in [5.41, 5.74) is 9.65. The largest absolute Gasteiger partial charge is 1.00 e. The molecule has 0 radical (unpaired) electrons. The van der Waals surface area contributed by atoms with Gasteiger partial charge in [0.2, 0.25) is 0 Å². The maximum Gasteiger partial charge on any atom is -1.00 e. The molecule has 0 saturated carbocycles. The number of hydrogen-bond donors (Lipinski definition) is 0. The van der Waals surface area contributed by atoms with E-state index in [1.807, 2.05) is 0 Å². The average molecular weight is 488 g/mol. The molecule has 0 N–H and O–H groups in total. The van der Waals surface area contributed by atoms with Crippen LogP contribution in [0.15, 0.2) is 60.2 Å². The van der Waals surface area contributed by atoms with Crippen molar-refractivity contribution in [1.82, 2.24) is 0 Å². The Hall–Kier alpha value is -0.617. The van der Waals surface area contributed by atoms with Crippen molar-refractivity contribution in [1.29, 1.82) is 0 Å². The third kappa shape index (κ3) is 3.53. The average Bonchev–Trinajstić information content (AvgIpc) is 3.16. The van der Waals surface area contributed by atoms with Gasteiger partial charge in [-0.3, -0.25) is 0 Å². The number of benzene rings is 2. The van der Waals surface area contributed by atoms with Crippen LogP contribution >= 0.6 is 0 Å². The van der Waals surface area contributed by atoms with Crippen LogP contribution in [0, 0.1) is 5.92 Å². The molecule has 0 aromatic heterocycles. The van der Waals surface area contributed by atoms with Gasteiger partial charge in [-0.1, -0.05) is 0 Å². The molecule has 0 nitrogen and oxygen atoms in total. The van der Waals surface area contributed by atoms with Crippen LogP contribution in [0.4, 0.5) is 0 Å². The first kappa shape index (κ1) is 22.1. The van der Waals surface area contributed by atoms with E-state index in [-0.39, 0.29) is 24.8 Å². The maximum atomic E-state index is 2.48. The van der Waals surface area contributed by atoms with Crippen LogP contribution in [0.2, 0.25) is 3.63 Å². The fourth-order valence-corrected chi connectivity index (χ4v) is 7.00. The first-order valence-corrected chi connectivity index (χ1v) is 11.5. The Morgan fingerprint density at radius 2 is 1.68 bits per heavy atom. The van der Waals surface area contributed by atoms with E-state index in [1.54, 1.807) is 52.6 Å². The van der Waals surface area contributed by atoms with Gasteiger partial charge < -0.3 is 24.8 Å². The van der Waals surface area contributed by atoms with Gasteiger partial charge in [-0.2, -0.15) is 0 Å². The third-order valence-electron chi connectivity index (χ3n) is 6.91. The molecule has 3 heteroatoms. The van der Waals surface area contributed by atoms with Crippen molar-refractivity contribution in [2.45, 2.75) is 48.1 Å². The van der Waals surface area contributed by atoms with E-state index < -0.39 is 0 Å². The molecular formula is C25H25Cl2Zr. The smallest absolute Gasteiger partial charge is 1.00 e. The maximum absolute atomic E-state index is 2.48. The third-order valence-corrected chi connectivity index (χ3v) is 8.95. The van der Waals surface area contributed by atoms with Crippen molar-refractivity contribution in [2.75, 3.05) is 0 Å². The first-order valence-electron chi connectivity index (χ1n) is 10.1. The Labute approximate surface area is 196 Å². The SMILES string of the molecule is CCC(CC1C2=C(CC2)c2ccccc21)[CH]([Zr+2])C1C=Cc2ccccc21.[Cl-].[Cl-]. The summed E-state index contributed by atoms with van der Waals surface area (Å²) in [4.78, 5) is 0. The molecule has 4 unspecified atom stereocenters. The predicted octanol–water partition coefficient (Wildman–Crippen LogP) is 0.901. The molecule has 2 aromatic carbocycles. The molecule has 2 aromatic rings. The molecule has 143 valence electrons. The topological polar surface area (TPSA) is 0 Å². The second-order valence-corrected chi connectivity index (χ2v) is 9.73. The van der Waals surface area contributed by atoms with E-state index in [1.165, 1.54) is 31.2 Å². The van der Waals surface area contributed by atoms with Crippen LogP contribution in [-0.2, 0) is 24.7 Å². The van der Waals surface area contributed by atoms with E-state index in [0.29, 0.717) is 11.8 Å². The summed E-state index contributed by atoms with van der Waals surface area (Å²) in [6.45, 7) is 2.41. The van der Waals surface area contributed by atoms with Crippen LogP contribution in [0.5, 0.6) is 0 Å². The predicted molar refractivity (Wildman–Crippen MR) is 106 cm³/mol.